The number of amides is 1. The number of carbonyl (C=O) groups excluding carboxylic acids is 1. The van der Waals surface area contributed by atoms with Gasteiger partial charge in [-0.25, -0.2) is 0 Å². The molecule has 0 bridgehead atoms. The molecule has 1 aliphatic heterocycles. The van der Waals surface area contributed by atoms with E-state index in [1.165, 1.54) is 0 Å². The Bertz CT molecular complexity index is 373. The third-order valence-electron chi connectivity index (χ3n) is 3.59. The molecule has 1 heterocycles. The highest BCUT2D eigenvalue weighted by atomic mass is 19.4. The Kier molecular flexibility index (Phi) is 4.20. The maximum absolute atomic E-state index is 12.7. The van der Waals surface area contributed by atoms with Gasteiger partial charge in [-0.05, 0) is 47.5 Å². The number of halogens is 3. The van der Waals surface area contributed by atoms with E-state index in [1.807, 2.05) is 27.7 Å². The summed E-state index contributed by atoms with van der Waals surface area (Å²) in [4.78, 5) is 11.8. The molecule has 0 aromatic carbocycles. The Balaban J connectivity index is 2.81. The second-order valence-electron chi connectivity index (χ2n) is 7.17. The molecule has 1 amide bonds. The molecule has 0 aromatic rings. The lowest BCUT2D eigenvalue weighted by Gasteiger charge is -2.47. The molecule has 0 aliphatic carbocycles. The standard InChI is InChI=1S/C13H24F3N3O/c1-10(2)6-8(7-11(3,4)19-10)18-9(20)12(5,17)13(14,15)16/h8,19H,6-7,17H2,1-5H3,(H,18,20). The summed E-state index contributed by atoms with van der Waals surface area (Å²) in [5.41, 5.74) is 1.75. The van der Waals surface area contributed by atoms with Gasteiger partial charge >= 0.3 is 6.18 Å². The predicted octanol–water partition coefficient (Wildman–Crippen LogP) is 1.69. The van der Waals surface area contributed by atoms with E-state index >= 15 is 0 Å². The first-order valence-electron chi connectivity index (χ1n) is 6.62. The molecule has 1 aliphatic rings. The molecular formula is C13H24F3N3O. The number of hydrogen-bond acceptors (Lipinski definition) is 3. The lowest BCUT2D eigenvalue weighted by Crippen LogP contribution is -2.66. The van der Waals surface area contributed by atoms with E-state index in [9.17, 15) is 18.0 Å². The van der Waals surface area contributed by atoms with Crippen LogP contribution in [0.1, 0.15) is 47.5 Å². The van der Waals surface area contributed by atoms with Gasteiger partial charge in [-0.1, -0.05) is 0 Å². The average Bonchev–Trinajstić information content (AvgIpc) is 2.09. The summed E-state index contributed by atoms with van der Waals surface area (Å²) in [7, 11) is 0. The average molecular weight is 295 g/mol. The Labute approximate surface area is 117 Å². The van der Waals surface area contributed by atoms with Crippen molar-refractivity contribution in [2.45, 2.75) is 76.3 Å². The molecule has 0 saturated carbocycles. The summed E-state index contributed by atoms with van der Waals surface area (Å²) in [5, 5.41) is 5.85. The summed E-state index contributed by atoms with van der Waals surface area (Å²) < 4.78 is 38.2. The van der Waals surface area contributed by atoms with Crippen LogP contribution in [0.3, 0.4) is 0 Å². The lowest BCUT2D eigenvalue weighted by atomic mass is 9.79. The molecule has 1 atom stereocenters. The molecule has 1 rings (SSSR count). The van der Waals surface area contributed by atoms with Crippen LogP contribution in [0.15, 0.2) is 0 Å². The predicted molar refractivity (Wildman–Crippen MR) is 71.1 cm³/mol. The minimum atomic E-state index is -4.77. The van der Waals surface area contributed by atoms with Gasteiger partial charge in [0.25, 0.3) is 0 Å². The van der Waals surface area contributed by atoms with E-state index in [4.69, 9.17) is 5.73 Å². The third kappa shape index (κ3) is 3.85. The van der Waals surface area contributed by atoms with Gasteiger partial charge < -0.3 is 16.4 Å². The van der Waals surface area contributed by atoms with Crippen molar-refractivity contribution < 1.29 is 18.0 Å². The van der Waals surface area contributed by atoms with E-state index in [-0.39, 0.29) is 17.1 Å². The van der Waals surface area contributed by atoms with E-state index in [2.05, 4.69) is 10.6 Å². The van der Waals surface area contributed by atoms with Crippen molar-refractivity contribution in [3.05, 3.63) is 0 Å². The molecule has 4 N–H and O–H groups in total. The van der Waals surface area contributed by atoms with E-state index in [1.54, 1.807) is 0 Å². The second kappa shape index (κ2) is 4.87. The highest BCUT2D eigenvalue weighted by Gasteiger charge is 2.54. The quantitative estimate of drug-likeness (QED) is 0.726. The lowest BCUT2D eigenvalue weighted by molar-refractivity contribution is -0.188. The summed E-state index contributed by atoms with van der Waals surface area (Å²) in [6.45, 7) is 8.52. The molecular weight excluding hydrogens is 271 g/mol. The third-order valence-corrected chi connectivity index (χ3v) is 3.59. The monoisotopic (exact) mass is 295 g/mol. The topological polar surface area (TPSA) is 67.2 Å². The Hall–Kier alpha value is -0.820. The van der Waals surface area contributed by atoms with E-state index in [0.29, 0.717) is 19.8 Å². The smallest absolute Gasteiger partial charge is 0.351 e. The van der Waals surface area contributed by atoms with Crippen LogP contribution < -0.4 is 16.4 Å². The zero-order valence-electron chi connectivity index (χ0n) is 12.6. The molecule has 1 unspecified atom stereocenters. The molecule has 7 heteroatoms. The maximum atomic E-state index is 12.7. The summed E-state index contributed by atoms with van der Waals surface area (Å²) in [6, 6.07) is -0.334. The van der Waals surface area contributed by atoms with Crippen LogP contribution in [0.2, 0.25) is 0 Å². The summed E-state index contributed by atoms with van der Waals surface area (Å²) in [5.74, 6) is -1.18. The van der Waals surface area contributed by atoms with Crippen molar-refractivity contribution in [2.24, 2.45) is 5.73 Å². The van der Waals surface area contributed by atoms with Gasteiger partial charge in [-0.15, -0.1) is 0 Å². The fraction of sp³-hybridized carbons (Fsp3) is 0.923. The fourth-order valence-corrected chi connectivity index (χ4v) is 2.89. The molecule has 118 valence electrons. The zero-order chi connectivity index (χ0) is 16.0. The number of carbonyl (C=O) groups is 1. The Morgan fingerprint density at radius 3 is 1.95 bits per heavy atom. The van der Waals surface area contributed by atoms with E-state index in [0.717, 1.165) is 0 Å². The van der Waals surface area contributed by atoms with Gasteiger partial charge in [0.1, 0.15) is 0 Å². The van der Waals surface area contributed by atoms with Gasteiger partial charge in [0.05, 0.1) is 0 Å². The first kappa shape index (κ1) is 17.2. The van der Waals surface area contributed by atoms with Crippen molar-refractivity contribution in [3.63, 3.8) is 0 Å². The molecule has 0 spiro atoms. The maximum Gasteiger partial charge on any atom is 0.415 e. The van der Waals surface area contributed by atoms with Crippen molar-refractivity contribution in [1.82, 2.24) is 10.6 Å². The SMILES string of the molecule is CC1(C)CC(NC(=O)C(C)(N)C(F)(F)F)CC(C)(C)N1. The zero-order valence-corrected chi connectivity index (χ0v) is 12.6. The van der Waals surface area contributed by atoms with Crippen LogP contribution in [0.5, 0.6) is 0 Å². The van der Waals surface area contributed by atoms with Crippen molar-refractivity contribution in [2.75, 3.05) is 0 Å². The summed E-state index contributed by atoms with van der Waals surface area (Å²) >= 11 is 0. The van der Waals surface area contributed by atoms with Crippen molar-refractivity contribution >= 4 is 5.91 Å². The van der Waals surface area contributed by atoms with Gasteiger partial charge in [0, 0.05) is 17.1 Å². The molecule has 4 nitrogen and oxygen atoms in total. The van der Waals surface area contributed by atoms with Crippen LogP contribution >= 0.6 is 0 Å². The minimum absolute atomic E-state index is 0.261. The highest BCUT2D eigenvalue weighted by Crippen LogP contribution is 2.31. The number of nitrogens with two attached hydrogens (primary N) is 1. The number of hydrogen-bond donors (Lipinski definition) is 3. The van der Waals surface area contributed by atoms with Crippen molar-refractivity contribution in [1.29, 1.82) is 0 Å². The second-order valence-corrected chi connectivity index (χ2v) is 7.17. The van der Waals surface area contributed by atoms with Crippen LogP contribution in [-0.4, -0.2) is 34.7 Å². The number of alkyl halides is 3. The van der Waals surface area contributed by atoms with Gasteiger partial charge in [-0.3, -0.25) is 4.79 Å². The molecule has 0 radical (unpaired) electrons. The first-order chi connectivity index (χ1) is 8.66. The number of rotatable bonds is 2. The normalized spacial score (nSPS) is 25.9. The van der Waals surface area contributed by atoms with Gasteiger partial charge in [0.15, 0.2) is 5.54 Å². The first-order valence-corrected chi connectivity index (χ1v) is 6.62. The van der Waals surface area contributed by atoms with Crippen molar-refractivity contribution in [3.8, 4) is 0 Å². The highest BCUT2D eigenvalue weighted by molar-refractivity contribution is 5.86. The fourth-order valence-electron chi connectivity index (χ4n) is 2.89. The van der Waals surface area contributed by atoms with Gasteiger partial charge in [0.2, 0.25) is 5.91 Å². The Morgan fingerprint density at radius 1 is 1.20 bits per heavy atom. The Morgan fingerprint density at radius 2 is 1.60 bits per heavy atom. The molecule has 0 aromatic heterocycles. The van der Waals surface area contributed by atoms with E-state index < -0.39 is 17.6 Å². The number of nitrogens with one attached hydrogen (secondary N) is 2. The number of piperidine rings is 1. The molecule has 1 saturated heterocycles. The molecule has 1 fully saturated rings. The largest absolute Gasteiger partial charge is 0.415 e. The summed E-state index contributed by atoms with van der Waals surface area (Å²) in [6.07, 6.45) is -3.67. The van der Waals surface area contributed by atoms with Crippen LogP contribution in [-0.2, 0) is 4.79 Å². The van der Waals surface area contributed by atoms with Crippen LogP contribution in [0.25, 0.3) is 0 Å². The van der Waals surface area contributed by atoms with Crippen LogP contribution in [0.4, 0.5) is 13.2 Å². The molecule has 20 heavy (non-hydrogen) atoms. The minimum Gasteiger partial charge on any atom is -0.351 e. The van der Waals surface area contributed by atoms with Gasteiger partial charge in [-0.2, -0.15) is 13.2 Å². The van der Waals surface area contributed by atoms with Crippen LogP contribution in [0, 0.1) is 0 Å².